The van der Waals surface area contributed by atoms with Gasteiger partial charge in [-0.3, -0.25) is 4.79 Å². The number of nitrogens with two attached hydrogens (primary N) is 1. The van der Waals surface area contributed by atoms with Gasteiger partial charge in [0.25, 0.3) is 0 Å². The molecule has 0 aliphatic heterocycles. The number of rotatable bonds is 3. The zero-order valence-electron chi connectivity index (χ0n) is 9.30. The number of amides is 1. The molecule has 0 saturated heterocycles. The van der Waals surface area contributed by atoms with Gasteiger partial charge >= 0.3 is 0 Å². The molecule has 5 heteroatoms. The van der Waals surface area contributed by atoms with Crippen LogP contribution in [-0.2, 0) is 4.79 Å². The number of hydrogen-bond donors (Lipinski definition) is 2. The Morgan fingerprint density at radius 1 is 1.53 bits per heavy atom. The third-order valence-electron chi connectivity index (χ3n) is 3.07. The minimum absolute atomic E-state index is 0.195. The Bertz CT molecular complexity index is 446. The smallest absolute Gasteiger partial charge is 0.226 e. The summed E-state index contributed by atoms with van der Waals surface area (Å²) in [5, 5.41) is 2.55. The van der Waals surface area contributed by atoms with Gasteiger partial charge in [0.1, 0.15) is 5.82 Å². The molecule has 0 unspecified atom stereocenters. The Hall–Kier alpha value is -0.940. The largest absolute Gasteiger partial charge is 0.325 e. The lowest BCUT2D eigenvalue weighted by Gasteiger charge is -2.37. The first-order valence-corrected chi connectivity index (χ1v) is 6.32. The Balaban J connectivity index is 1.98. The van der Waals surface area contributed by atoms with E-state index in [2.05, 4.69) is 21.2 Å². The van der Waals surface area contributed by atoms with E-state index in [1.807, 2.05) is 0 Å². The van der Waals surface area contributed by atoms with E-state index in [9.17, 15) is 9.18 Å². The minimum atomic E-state index is -0.451. The standard InChI is InChI=1S/C12H14BrFN2O/c13-8-2-3-10(9(14)6-8)16-11(17)7-12(15)4-1-5-12/h2-3,6H,1,4-5,7,15H2,(H,16,17). The number of hydrogen-bond acceptors (Lipinski definition) is 2. The summed E-state index contributed by atoms with van der Waals surface area (Å²) >= 11 is 3.16. The van der Waals surface area contributed by atoms with Gasteiger partial charge in [-0.15, -0.1) is 0 Å². The van der Waals surface area contributed by atoms with Gasteiger partial charge in [-0.1, -0.05) is 15.9 Å². The first-order chi connectivity index (χ1) is 7.98. The highest BCUT2D eigenvalue weighted by Gasteiger charge is 2.34. The lowest BCUT2D eigenvalue weighted by molar-refractivity contribution is -0.118. The first kappa shape index (κ1) is 12.5. The second kappa shape index (κ2) is 4.74. The molecule has 0 atom stereocenters. The van der Waals surface area contributed by atoms with Gasteiger partial charge in [0.15, 0.2) is 0 Å². The fourth-order valence-electron chi connectivity index (χ4n) is 1.91. The van der Waals surface area contributed by atoms with Crippen molar-refractivity contribution in [3.8, 4) is 0 Å². The summed E-state index contributed by atoms with van der Waals surface area (Å²) in [5.74, 6) is -0.680. The van der Waals surface area contributed by atoms with Gasteiger partial charge in [-0.25, -0.2) is 4.39 Å². The Morgan fingerprint density at radius 2 is 2.24 bits per heavy atom. The molecule has 1 aromatic carbocycles. The van der Waals surface area contributed by atoms with Crippen molar-refractivity contribution in [1.29, 1.82) is 0 Å². The highest BCUT2D eigenvalue weighted by atomic mass is 79.9. The molecule has 92 valence electrons. The van der Waals surface area contributed by atoms with Crippen LogP contribution in [-0.4, -0.2) is 11.4 Å². The number of nitrogens with one attached hydrogen (secondary N) is 1. The first-order valence-electron chi connectivity index (χ1n) is 5.52. The molecule has 1 fully saturated rings. The maximum atomic E-state index is 13.5. The SMILES string of the molecule is NC1(CC(=O)Nc2ccc(Br)cc2F)CCC1. The second-order valence-electron chi connectivity index (χ2n) is 4.57. The van der Waals surface area contributed by atoms with E-state index in [4.69, 9.17) is 5.73 Å². The van der Waals surface area contributed by atoms with Gasteiger partial charge in [0.05, 0.1) is 5.69 Å². The molecule has 0 heterocycles. The number of benzene rings is 1. The Morgan fingerprint density at radius 3 is 2.76 bits per heavy atom. The van der Waals surface area contributed by atoms with Crippen molar-refractivity contribution in [1.82, 2.24) is 0 Å². The van der Waals surface area contributed by atoms with Crippen LogP contribution in [0.1, 0.15) is 25.7 Å². The number of anilines is 1. The van der Waals surface area contributed by atoms with Gasteiger partial charge in [-0.2, -0.15) is 0 Å². The molecule has 1 saturated carbocycles. The van der Waals surface area contributed by atoms with E-state index in [1.54, 1.807) is 6.07 Å². The van der Waals surface area contributed by atoms with E-state index < -0.39 is 5.82 Å². The van der Waals surface area contributed by atoms with Gasteiger partial charge < -0.3 is 11.1 Å². The summed E-state index contributed by atoms with van der Waals surface area (Å²) in [6.45, 7) is 0. The summed E-state index contributed by atoms with van der Waals surface area (Å²) in [6.07, 6.45) is 3.05. The van der Waals surface area contributed by atoms with Crippen LogP contribution in [0.5, 0.6) is 0 Å². The maximum Gasteiger partial charge on any atom is 0.226 e. The zero-order valence-corrected chi connectivity index (χ0v) is 10.9. The summed E-state index contributed by atoms with van der Waals surface area (Å²) in [5.41, 5.74) is 5.77. The molecule has 17 heavy (non-hydrogen) atoms. The molecule has 0 spiro atoms. The predicted molar refractivity (Wildman–Crippen MR) is 68.1 cm³/mol. The van der Waals surface area contributed by atoms with Crippen molar-refractivity contribution in [3.05, 3.63) is 28.5 Å². The van der Waals surface area contributed by atoms with Crippen LogP contribution >= 0.6 is 15.9 Å². The van der Waals surface area contributed by atoms with Crippen LogP contribution < -0.4 is 11.1 Å². The van der Waals surface area contributed by atoms with Crippen molar-refractivity contribution in [2.75, 3.05) is 5.32 Å². The van der Waals surface area contributed by atoms with Gasteiger partial charge in [0, 0.05) is 16.4 Å². The van der Waals surface area contributed by atoms with E-state index in [0.29, 0.717) is 4.47 Å². The minimum Gasteiger partial charge on any atom is -0.325 e. The number of carbonyl (C=O) groups is 1. The molecule has 1 aromatic rings. The van der Waals surface area contributed by atoms with E-state index in [0.717, 1.165) is 19.3 Å². The fraction of sp³-hybridized carbons (Fsp3) is 0.417. The molecular formula is C12H14BrFN2O. The Kier molecular flexibility index (Phi) is 3.49. The van der Waals surface area contributed by atoms with Gasteiger partial charge in [0.2, 0.25) is 5.91 Å². The second-order valence-corrected chi connectivity index (χ2v) is 5.48. The molecule has 1 amide bonds. The quantitative estimate of drug-likeness (QED) is 0.902. The van der Waals surface area contributed by atoms with Crippen LogP contribution in [0.4, 0.5) is 10.1 Å². The molecule has 1 aliphatic carbocycles. The van der Waals surface area contributed by atoms with E-state index in [-0.39, 0.29) is 23.6 Å². The topological polar surface area (TPSA) is 55.1 Å². The van der Waals surface area contributed by atoms with Crippen molar-refractivity contribution >= 4 is 27.5 Å². The highest BCUT2D eigenvalue weighted by molar-refractivity contribution is 9.10. The average molecular weight is 301 g/mol. The monoisotopic (exact) mass is 300 g/mol. The van der Waals surface area contributed by atoms with E-state index >= 15 is 0 Å². The van der Waals surface area contributed by atoms with Crippen LogP contribution in [0.2, 0.25) is 0 Å². The van der Waals surface area contributed by atoms with Crippen LogP contribution in [0.25, 0.3) is 0 Å². The van der Waals surface area contributed by atoms with Crippen molar-refractivity contribution in [2.24, 2.45) is 5.73 Å². The third-order valence-corrected chi connectivity index (χ3v) is 3.56. The van der Waals surface area contributed by atoms with Crippen LogP contribution in [0, 0.1) is 5.82 Å². The highest BCUT2D eigenvalue weighted by Crippen LogP contribution is 2.32. The van der Waals surface area contributed by atoms with Crippen LogP contribution in [0.3, 0.4) is 0 Å². The average Bonchev–Trinajstić information content (AvgIpc) is 2.20. The molecule has 3 nitrogen and oxygen atoms in total. The van der Waals surface area contributed by atoms with Crippen molar-refractivity contribution < 1.29 is 9.18 Å². The molecule has 0 aromatic heterocycles. The van der Waals surface area contributed by atoms with Crippen molar-refractivity contribution in [3.63, 3.8) is 0 Å². The van der Waals surface area contributed by atoms with Gasteiger partial charge in [-0.05, 0) is 37.5 Å². The lowest BCUT2D eigenvalue weighted by atomic mass is 9.75. The van der Waals surface area contributed by atoms with E-state index in [1.165, 1.54) is 12.1 Å². The summed E-state index contributed by atoms with van der Waals surface area (Å²) in [7, 11) is 0. The maximum absolute atomic E-state index is 13.5. The third kappa shape index (κ3) is 3.04. The normalized spacial score (nSPS) is 17.4. The number of halogens is 2. The van der Waals surface area contributed by atoms with Crippen LogP contribution in [0.15, 0.2) is 22.7 Å². The molecular weight excluding hydrogens is 287 g/mol. The molecule has 0 bridgehead atoms. The molecule has 3 N–H and O–H groups in total. The van der Waals surface area contributed by atoms with Crippen molar-refractivity contribution in [2.45, 2.75) is 31.2 Å². The number of carbonyl (C=O) groups excluding carboxylic acids is 1. The molecule has 1 aliphatic rings. The molecule has 2 rings (SSSR count). The summed E-state index contributed by atoms with van der Waals surface area (Å²) < 4.78 is 14.1. The zero-order chi connectivity index (χ0) is 12.5. The molecule has 0 radical (unpaired) electrons. The summed E-state index contributed by atoms with van der Waals surface area (Å²) in [6, 6.07) is 4.53. The Labute approximate surface area is 108 Å². The predicted octanol–water partition coefficient (Wildman–Crippen LogP) is 2.80. The lowest BCUT2D eigenvalue weighted by Crippen LogP contribution is -2.48. The fourth-order valence-corrected chi connectivity index (χ4v) is 2.25. The summed E-state index contributed by atoms with van der Waals surface area (Å²) in [4.78, 5) is 11.7.